The fourth-order valence-electron chi connectivity index (χ4n) is 3.14. The van der Waals surface area contributed by atoms with E-state index in [0.717, 1.165) is 9.13 Å². The summed E-state index contributed by atoms with van der Waals surface area (Å²) in [6.45, 7) is -0.642. The third-order valence-electron chi connectivity index (χ3n) is 4.75. The van der Waals surface area contributed by atoms with Crippen molar-refractivity contribution in [2.45, 2.75) is 6.54 Å². The van der Waals surface area contributed by atoms with Crippen LogP contribution in [-0.4, -0.2) is 45.4 Å². The molecule has 0 radical (unpaired) electrons. The van der Waals surface area contributed by atoms with Crippen LogP contribution in [0.5, 0.6) is 5.75 Å². The van der Waals surface area contributed by atoms with Gasteiger partial charge in [-0.1, -0.05) is 18.2 Å². The van der Waals surface area contributed by atoms with Gasteiger partial charge in [0.15, 0.2) is 22.6 Å². The van der Waals surface area contributed by atoms with E-state index in [9.17, 15) is 24.3 Å². The zero-order chi connectivity index (χ0) is 23.0. The smallest absolute Gasteiger partial charge is 0.332 e. The van der Waals surface area contributed by atoms with Crippen molar-refractivity contribution in [3.05, 3.63) is 69.4 Å². The van der Waals surface area contributed by atoms with Crippen molar-refractivity contribution in [2.75, 3.05) is 0 Å². The zero-order valence-corrected chi connectivity index (χ0v) is 17.0. The molecule has 0 saturated carbocycles. The highest BCUT2D eigenvalue weighted by atomic mass is 16.3. The van der Waals surface area contributed by atoms with E-state index in [1.54, 1.807) is 37.4 Å². The number of amides is 2. The molecule has 32 heavy (non-hydrogen) atoms. The van der Waals surface area contributed by atoms with Crippen LogP contribution in [0.3, 0.4) is 0 Å². The lowest BCUT2D eigenvalue weighted by Crippen LogP contribution is -2.48. The largest absolute Gasteiger partial charge is 0.504 e. The molecule has 164 valence electrons. The lowest BCUT2D eigenvalue weighted by molar-refractivity contribution is -0.122. The number of nitrogens with one attached hydrogen (secondary N) is 2. The molecule has 0 saturated heterocycles. The zero-order valence-electron chi connectivity index (χ0n) is 17.0. The van der Waals surface area contributed by atoms with Crippen molar-refractivity contribution < 1.29 is 14.7 Å². The first-order chi connectivity index (χ1) is 15.3. The molecule has 4 aromatic rings. The molecule has 0 bridgehead atoms. The summed E-state index contributed by atoms with van der Waals surface area (Å²) in [6.07, 6.45) is 2.63. The monoisotopic (exact) mass is 438 g/mol. The number of aromatic hydroxyl groups is 1. The van der Waals surface area contributed by atoms with E-state index in [-0.39, 0.29) is 16.9 Å². The summed E-state index contributed by atoms with van der Waals surface area (Å²) in [5.74, 6) is -2.11. The van der Waals surface area contributed by atoms with Gasteiger partial charge in [0, 0.05) is 14.1 Å². The summed E-state index contributed by atoms with van der Waals surface area (Å²) in [4.78, 5) is 53.7. The maximum atomic E-state index is 12.6. The Bertz CT molecular complexity index is 1460. The van der Waals surface area contributed by atoms with Gasteiger partial charge in [-0.3, -0.25) is 29.8 Å². The number of nitrogens with zero attached hydrogens (tertiary/aromatic N) is 6. The molecule has 0 atom stereocenters. The highest BCUT2D eigenvalue weighted by Crippen LogP contribution is 2.17. The van der Waals surface area contributed by atoms with Crippen molar-refractivity contribution in [1.29, 1.82) is 0 Å². The van der Waals surface area contributed by atoms with E-state index in [4.69, 9.17) is 0 Å². The van der Waals surface area contributed by atoms with Crippen LogP contribution in [0.15, 0.2) is 52.4 Å². The molecule has 2 amide bonds. The Morgan fingerprint density at radius 3 is 2.53 bits per heavy atom. The Hall–Kier alpha value is -4.68. The van der Waals surface area contributed by atoms with Crippen LogP contribution in [0, 0.1) is 0 Å². The molecular weight excluding hydrogens is 420 g/mol. The third-order valence-corrected chi connectivity index (χ3v) is 4.75. The van der Waals surface area contributed by atoms with Crippen LogP contribution < -0.4 is 22.1 Å². The number of imidazole rings is 1. The second kappa shape index (κ2) is 7.86. The standard InChI is InChI=1S/C19H18N8O5/c1-24-10-20-16-15(24)18(31)26(19(32)25(16)2)9-13(29)21-22-17(30)14-12(28)8-27(23-14)11-6-4-3-5-7-11/h3-8,10,28H,9H2,1-2H3,(H,21,29)(H,22,30). The molecule has 0 aliphatic rings. The summed E-state index contributed by atoms with van der Waals surface area (Å²) in [5, 5.41) is 14.0. The van der Waals surface area contributed by atoms with E-state index in [1.807, 2.05) is 0 Å². The van der Waals surface area contributed by atoms with Crippen molar-refractivity contribution in [3.63, 3.8) is 0 Å². The minimum Gasteiger partial charge on any atom is -0.504 e. The number of aryl methyl sites for hydroxylation is 2. The van der Waals surface area contributed by atoms with E-state index < -0.39 is 35.4 Å². The first-order valence-electron chi connectivity index (χ1n) is 9.32. The van der Waals surface area contributed by atoms with E-state index >= 15 is 0 Å². The maximum absolute atomic E-state index is 12.6. The molecule has 0 fully saturated rings. The average molecular weight is 438 g/mol. The number of rotatable bonds is 4. The number of para-hydroxylation sites is 1. The van der Waals surface area contributed by atoms with Crippen LogP contribution in [-0.2, 0) is 25.4 Å². The Labute approximate surface area is 179 Å². The Morgan fingerprint density at radius 1 is 1.09 bits per heavy atom. The van der Waals surface area contributed by atoms with Crippen molar-refractivity contribution in [3.8, 4) is 11.4 Å². The third kappa shape index (κ3) is 3.51. The average Bonchev–Trinajstić information content (AvgIpc) is 3.37. The number of aromatic nitrogens is 6. The summed E-state index contributed by atoms with van der Waals surface area (Å²) < 4.78 is 4.63. The Kier molecular flexibility index (Phi) is 5.06. The Morgan fingerprint density at radius 2 is 1.81 bits per heavy atom. The number of hydrazine groups is 1. The lowest BCUT2D eigenvalue weighted by Gasteiger charge is -2.09. The second-order valence-corrected chi connectivity index (χ2v) is 6.91. The predicted octanol–water partition coefficient (Wildman–Crippen LogP) is -1.21. The van der Waals surface area contributed by atoms with Gasteiger partial charge >= 0.3 is 5.69 Å². The van der Waals surface area contributed by atoms with Gasteiger partial charge in [0.25, 0.3) is 17.4 Å². The molecule has 4 rings (SSSR count). The minimum atomic E-state index is -0.882. The maximum Gasteiger partial charge on any atom is 0.332 e. The second-order valence-electron chi connectivity index (χ2n) is 6.91. The number of hydrogen-bond acceptors (Lipinski definition) is 7. The van der Waals surface area contributed by atoms with Crippen LogP contribution in [0.4, 0.5) is 0 Å². The highest BCUT2D eigenvalue weighted by Gasteiger charge is 2.20. The summed E-state index contributed by atoms with van der Waals surface area (Å²) in [5.41, 5.74) is 3.43. The van der Waals surface area contributed by atoms with Gasteiger partial charge in [0.1, 0.15) is 6.54 Å². The number of benzene rings is 1. The molecule has 1 aromatic carbocycles. The SMILES string of the molecule is Cn1cnc2c1c(=O)n(CC(=O)NNC(=O)c1nn(-c3ccccc3)cc1O)c(=O)n2C. The Balaban J connectivity index is 1.49. The molecule has 0 unspecified atom stereocenters. The minimum absolute atomic E-state index is 0.153. The predicted molar refractivity (Wildman–Crippen MR) is 111 cm³/mol. The normalized spacial score (nSPS) is 10.9. The molecule has 0 spiro atoms. The van der Waals surface area contributed by atoms with Crippen LogP contribution in [0.1, 0.15) is 10.5 Å². The molecule has 13 nitrogen and oxygen atoms in total. The first kappa shape index (κ1) is 20.6. The van der Waals surface area contributed by atoms with Gasteiger partial charge in [-0.15, -0.1) is 0 Å². The number of carbonyl (C=O) groups is 2. The molecule has 0 aliphatic carbocycles. The first-order valence-corrected chi connectivity index (χ1v) is 9.32. The van der Waals surface area contributed by atoms with Gasteiger partial charge in [0.05, 0.1) is 18.2 Å². The highest BCUT2D eigenvalue weighted by molar-refractivity contribution is 5.95. The van der Waals surface area contributed by atoms with E-state index in [2.05, 4.69) is 20.9 Å². The van der Waals surface area contributed by atoms with Crippen LogP contribution in [0.25, 0.3) is 16.9 Å². The van der Waals surface area contributed by atoms with Crippen LogP contribution in [0.2, 0.25) is 0 Å². The van der Waals surface area contributed by atoms with Gasteiger partial charge in [-0.05, 0) is 12.1 Å². The molecule has 0 aliphatic heterocycles. The summed E-state index contributed by atoms with van der Waals surface area (Å²) >= 11 is 0. The van der Waals surface area contributed by atoms with Crippen LogP contribution >= 0.6 is 0 Å². The summed E-state index contributed by atoms with van der Waals surface area (Å²) in [6, 6.07) is 8.80. The molecular formula is C19H18N8O5. The number of carbonyl (C=O) groups excluding carboxylic acids is 2. The van der Waals surface area contributed by atoms with E-state index in [1.165, 1.54) is 28.8 Å². The van der Waals surface area contributed by atoms with E-state index in [0.29, 0.717) is 5.69 Å². The fraction of sp³-hybridized carbons (Fsp3) is 0.158. The molecule has 13 heteroatoms. The van der Waals surface area contributed by atoms with Gasteiger partial charge in [0.2, 0.25) is 0 Å². The fourth-order valence-corrected chi connectivity index (χ4v) is 3.14. The molecule has 3 N–H and O–H groups in total. The number of hydrogen-bond donors (Lipinski definition) is 3. The topological polar surface area (TPSA) is 158 Å². The van der Waals surface area contributed by atoms with Gasteiger partial charge in [-0.2, -0.15) is 5.10 Å². The van der Waals surface area contributed by atoms with Crippen molar-refractivity contribution >= 4 is 23.0 Å². The van der Waals surface area contributed by atoms with Crippen molar-refractivity contribution in [1.82, 2.24) is 39.3 Å². The van der Waals surface area contributed by atoms with Gasteiger partial charge in [-0.25, -0.2) is 19.0 Å². The number of fused-ring (bicyclic) bond motifs is 1. The summed E-state index contributed by atoms with van der Waals surface area (Å²) in [7, 11) is 3.02. The lowest BCUT2D eigenvalue weighted by atomic mass is 10.3. The van der Waals surface area contributed by atoms with Crippen molar-refractivity contribution in [2.24, 2.45) is 14.1 Å². The van der Waals surface area contributed by atoms with Gasteiger partial charge < -0.3 is 9.67 Å². The quantitative estimate of drug-likeness (QED) is 0.337. The molecule has 3 aromatic heterocycles. The molecule has 3 heterocycles.